The second kappa shape index (κ2) is 9.07. The molecule has 0 radical (unpaired) electrons. The zero-order valence-electron chi connectivity index (χ0n) is 18.8. The van der Waals surface area contributed by atoms with E-state index in [1.165, 1.54) is 0 Å². The number of hydrogen-bond acceptors (Lipinski definition) is 5. The Labute approximate surface area is 184 Å². The largest absolute Gasteiger partial charge is 0.394 e. The Morgan fingerprint density at radius 3 is 2.57 bits per heavy atom. The number of nitrogens with zero attached hydrogens (tertiary/aromatic N) is 1. The minimum Gasteiger partial charge on any atom is -0.394 e. The summed E-state index contributed by atoms with van der Waals surface area (Å²) in [7, 11) is 1.61. The van der Waals surface area contributed by atoms with E-state index in [2.05, 4.69) is 31.4 Å². The molecule has 3 saturated heterocycles. The van der Waals surface area contributed by atoms with Crippen molar-refractivity contribution < 1.29 is 19.5 Å². The maximum absolute atomic E-state index is 13.8. The van der Waals surface area contributed by atoms with Crippen LogP contribution in [0.4, 0.5) is 0 Å². The van der Waals surface area contributed by atoms with Crippen molar-refractivity contribution in [2.75, 3.05) is 13.7 Å². The van der Waals surface area contributed by atoms with Gasteiger partial charge in [-0.1, -0.05) is 27.2 Å². The van der Waals surface area contributed by atoms with Crippen LogP contribution in [0.5, 0.6) is 0 Å². The SMILES string of the molecule is CCCC(C)NC(=O)C1N([C@@H](CO)CC(C)C)C(=O)[C@@H]2[C@H](C(=O)NC)[C@@H]3CCC12S3. The van der Waals surface area contributed by atoms with E-state index in [1.54, 1.807) is 23.7 Å². The maximum atomic E-state index is 13.8. The molecule has 3 amide bonds. The van der Waals surface area contributed by atoms with Gasteiger partial charge in [-0.3, -0.25) is 14.4 Å². The number of thioether (sulfide) groups is 1. The van der Waals surface area contributed by atoms with Gasteiger partial charge in [-0.2, -0.15) is 0 Å². The lowest BCUT2D eigenvalue weighted by Crippen LogP contribution is -2.57. The zero-order chi connectivity index (χ0) is 22.2. The zero-order valence-corrected chi connectivity index (χ0v) is 19.6. The lowest BCUT2D eigenvalue weighted by atomic mass is 9.70. The smallest absolute Gasteiger partial charge is 0.244 e. The van der Waals surface area contributed by atoms with Gasteiger partial charge in [-0.05, 0) is 38.5 Å². The maximum Gasteiger partial charge on any atom is 0.244 e. The van der Waals surface area contributed by atoms with Gasteiger partial charge in [0.1, 0.15) is 6.04 Å². The molecule has 170 valence electrons. The predicted octanol–water partition coefficient (Wildman–Crippen LogP) is 1.54. The van der Waals surface area contributed by atoms with E-state index in [-0.39, 0.29) is 41.5 Å². The van der Waals surface area contributed by atoms with E-state index in [1.807, 2.05) is 6.92 Å². The van der Waals surface area contributed by atoms with Crippen molar-refractivity contribution in [1.29, 1.82) is 0 Å². The van der Waals surface area contributed by atoms with Crippen LogP contribution < -0.4 is 10.6 Å². The third-order valence-electron chi connectivity index (χ3n) is 6.99. The van der Waals surface area contributed by atoms with Crippen molar-refractivity contribution in [3.63, 3.8) is 0 Å². The van der Waals surface area contributed by atoms with Gasteiger partial charge in [0.05, 0.1) is 29.2 Å². The Kier molecular flexibility index (Phi) is 7.07. The second-order valence-electron chi connectivity index (χ2n) is 9.58. The fraction of sp³-hybridized carbons (Fsp3) is 0.864. The highest BCUT2D eigenvalue weighted by atomic mass is 32.2. The summed E-state index contributed by atoms with van der Waals surface area (Å²) in [6.07, 6.45) is 4.04. The first-order valence-electron chi connectivity index (χ1n) is 11.3. The molecule has 0 aromatic carbocycles. The van der Waals surface area contributed by atoms with E-state index in [4.69, 9.17) is 0 Å². The third kappa shape index (κ3) is 3.74. The molecule has 2 bridgehead atoms. The molecule has 0 aromatic rings. The number of carbonyl (C=O) groups is 3. The number of aliphatic hydroxyl groups excluding tert-OH is 1. The Hall–Kier alpha value is -1.28. The van der Waals surface area contributed by atoms with Crippen molar-refractivity contribution in [3.05, 3.63) is 0 Å². The summed E-state index contributed by atoms with van der Waals surface area (Å²) in [5.41, 5.74) is 0. The number of amides is 3. The molecule has 7 nitrogen and oxygen atoms in total. The second-order valence-corrected chi connectivity index (χ2v) is 11.2. The van der Waals surface area contributed by atoms with Crippen molar-refractivity contribution >= 4 is 29.5 Å². The number of nitrogens with one attached hydrogen (secondary N) is 2. The highest BCUT2D eigenvalue weighted by molar-refractivity contribution is 8.02. The Morgan fingerprint density at radius 2 is 2.00 bits per heavy atom. The number of rotatable bonds is 9. The van der Waals surface area contributed by atoms with Crippen molar-refractivity contribution in [2.45, 2.75) is 87.9 Å². The number of likely N-dealkylation sites (tertiary alicyclic amines) is 1. The summed E-state index contributed by atoms with van der Waals surface area (Å²) in [6.45, 7) is 7.99. The van der Waals surface area contributed by atoms with Gasteiger partial charge < -0.3 is 20.6 Å². The first kappa shape index (κ1) is 23.4. The van der Waals surface area contributed by atoms with Crippen LogP contribution in [-0.2, 0) is 14.4 Å². The van der Waals surface area contributed by atoms with Crippen LogP contribution in [0.1, 0.15) is 59.8 Å². The number of carbonyl (C=O) groups excluding carboxylic acids is 3. The molecule has 8 heteroatoms. The van der Waals surface area contributed by atoms with E-state index < -0.39 is 28.7 Å². The summed E-state index contributed by atoms with van der Waals surface area (Å²) in [4.78, 5) is 41.7. The van der Waals surface area contributed by atoms with Crippen LogP contribution in [0.25, 0.3) is 0 Å². The number of aliphatic hydroxyl groups is 1. The molecular weight excluding hydrogens is 402 g/mol. The fourth-order valence-electron chi connectivity index (χ4n) is 5.90. The van der Waals surface area contributed by atoms with Crippen LogP contribution >= 0.6 is 11.8 Å². The Balaban J connectivity index is 2.01. The van der Waals surface area contributed by atoms with Crippen LogP contribution in [0.2, 0.25) is 0 Å². The summed E-state index contributed by atoms with van der Waals surface area (Å²) in [5.74, 6) is -1.03. The van der Waals surface area contributed by atoms with E-state index in [0.717, 1.165) is 25.7 Å². The van der Waals surface area contributed by atoms with Crippen molar-refractivity contribution in [3.8, 4) is 0 Å². The Bertz CT molecular complexity index is 687. The highest BCUT2D eigenvalue weighted by Gasteiger charge is 2.74. The highest BCUT2D eigenvalue weighted by Crippen LogP contribution is 2.66. The van der Waals surface area contributed by atoms with Gasteiger partial charge in [0.2, 0.25) is 17.7 Å². The monoisotopic (exact) mass is 439 g/mol. The molecule has 3 N–H and O–H groups in total. The first-order valence-corrected chi connectivity index (χ1v) is 12.2. The van der Waals surface area contributed by atoms with Crippen LogP contribution in [-0.4, -0.2) is 69.5 Å². The van der Waals surface area contributed by atoms with E-state index >= 15 is 0 Å². The lowest BCUT2D eigenvalue weighted by molar-refractivity contribution is -0.143. The van der Waals surface area contributed by atoms with Crippen LogP contribution in [0, 0.1) is 17.8 Å². The molecule has 3 unspecified atom stereocenters. The molecule has 3 fully saturated rings. The van der Waals surface area contributed by atoms with Gasteiger partial charge in [0, 0.05) is 18.3 Å². The first-order chi connectivity index (χ1) is 14.2. The molecule has 0 saturated carbocycles. The van der Waals surface area contributed by atoms with Gasteiger partial charge in [-0.25, -0.2) is 0 Å². The summed E-state index contributed by atoms with van der Waals surface area (Å²) >= 11 is 1.67. The summed E-state index contributed by atoms with van der Waals surface area (Å²) < 4.78 is -0.584. The van der Waals surface area contributed by atoms with E-state index in [0.29, 0.717) is 6.42 Å². The molecule has 30 heavy (non-hydrogen) atoms. The quantitative estimate of drug-likeness (QED) is 0.506. The number of hydrogen-bond donors (Lipinski definition) is 3. The molecule has 0 aromatic heterocycles. The van der Waals surface area contributed by atoms with Crippen LogP contribution in [0.3, 0.4) is 0 Å². The van der Waals surface area contributed by atoms with Gasteiger partial charge in [0.15, 0.2) is 0 Å². The summed E-state index contributed by atoms with van der Waals surface area (Å²) in [6, 6.07) is -1.04. The van der Waals surface area contributed by atoms with Crippen LogP contribution in [0.15, 0.2) is 0 Å². The molecule has 3 aliphatic rings. The topological polar surface area (TPSA) is 98.7 Å². The molecule has 7 atom stereocenters. The normalized spacial score (nSPS) is 34.2. The Morgan fingerprint density at radius 1 is 1.30 bits per heavy atom. The van der Waals surface area contributed by atoms with E-state index in [9.17, 15) is 19.5 Å². The average Bonchev–Trinajstić information content (AvgIpc) is 3.32. The van der Waals surface area contributed by atoms with Gasteiger partial charge in [0.25, 0.3) is 0 Å². The molecular formula is C22H37N3O4S. The molecule has 1 spiro atoms. The minimum atomic E-state index is -0.644. The predicted molar refractivity (Wildman–Crippen MR) is 118 cm³/mol. The van der Waals surface area contributed by atoms with Gasteiger partial charge >= 0.3 is 0 Å². The van der Waals surface area contributed by atoms with Crippen molar-refractivity contribution in [1.82, 2.24) is 15.5 Å². The van der Waals surface area contributed by atoms with Crippen molar-refractivity contribution in [2.24, 2.45) is 17.8 Å². The average molecular weight is 440 g/mol. The molecule has 3 aliphatic heterocycles. The standard InChI is InChI=1S/C22H37N3O4S/c1-6-7-13(4)24-20(28)18-22-9-8-15(30-22)16(19(27)23-5)17(22)21(29)25(18)14(11-26)10-12(2)3/h12-18,26H,6-11H2,1-5H3,(H,23,27)(H,24,28)/t13?,14-,15+,16-,17+,18?,22?/m1/s1. The fourth-order valence-corrected chi connectivity index (χ4v) is 8.10. The summed E-state index contributed by atoms with van der Waals surface area (Å²) in [5, 5.41) is 16.1. The number of fused-ring (bicyclic) bond motifs is 1. The molecule has 3 rings (SSSR count). The van der Waals surface area contributed by atoms with Gasteiger partial charge in [-0.15, -0.1) is 11.8 Å². The minimum absolute atomic E-state index is 0.0194. The lowest BCUT2D eigenvalue weighted by Gasteiger charge is -2.38. The third-order valence-corrected chi connectivity index (χ3v) is 8.95. The molecule has 0 aliphatic carbocycles. The molecule has 3 heterocycles.